The summed E-state index contributed by atoms with van der Waals surface area (Å²) in [4.78, 5) is 188. The van der Waals surface area contributed by atoms with Crippen LogP contribution in [0.4, 0.5) is 23.0 Å². The number of unbranched alkanes of at least 4 members (excludes halogenated alkanes) is 7. The van der Waals surface area contributed by atoms with Gasteiger partial charge in [-0.1, -0.05) is 0 Å². The van der Waals surface area contributed by atoms with Crippen LogP contribution in [0.15, 0.2) is 59.5 Å². The fraction of sp³-hybridized carbons (Fsp3) is 0.507. The van der Waals surface area contributed by atoms with Gasteiger partial charge >= 0.3 is 23.9 Å². The molecule has 40 nitrogen and oxygen atoms in total. The van der Waals surface area contributed by atoms with Crippen LogP contribution in [0.5, 0.6) is 0 Å². The molecule has 596 valence electrons. The lowest BCUT2D eigenvalue weighted by Crippen LogP contribution is -2.56. The number of hydroxylamine groups is 6. The van der Waals surface area contributed by atoms with Gasteiger partial charge in [0.25, 0.3) is 11.5 Å². The Morgan fingerprint density at radius 3 is 1.47 bits per heavy atom. The number of nitrogen functional groups attached to an aromatic ring is 1. The van der Waals surface area contributed by atoms with Crippen LogP contribution >= 0.6 is 24.4 Å². The van der Waals surface area contributed by atoms with Crippen molar-refractivity contribution in [1.29, 1.82) is 0 Å². The zero-order valence-electron chi connectivity index (χ0n) is 59.9. The van der Waals surface area contributed by atoms with Crippen LogP contribution in [0.25, 0.3) is 11.2 Å². The molecule has 2 aromatic carbocycles. The first-order valence-electron chi connectivity index (χ1n) is 35.0. The van der Waals surface area contributed by atoms with Crippen molar-refractivity contribution < 1.29 is 98.4 Å². The molecule has 21 N–H and O–H groups in total. The normalized spacial score (nSPS) is 11.9. The Morgan fingerprint density at radius 2 is 0.972 bits per heavy atom. The number of carboxylic acid groups (broad SMARTS) is 4. The highest BCUT2D eigenvalue weighted by Gasteiger charge is 2.32. The van der Waals surface area contributed by atoms with Gasteiger partial charge in [0.05, 0.1) is 37.7 Å². The Bertz CT molecular complexity index is 3840. The molecule has 109 heavy (non-hydrogen) atoms. The van der Waals surface area contributed by atoms with E-state index in [4.69, 9.17) is 30.2 Å². The number of rotatable bonds is 51. The number of nitrogens with one attached hydrogen (secondary N) is 12. The van der Waals surface area contributed by atoms with E-state index in [0.717, 1.165) is 0 Å². The fourth-order valence-corrected chi connectivity index (χ4v) is 10.6. The Kier molecular flexibility index (Phi) is 40.3. The highest BCUT2D eigenvalue weighted by molar-refractivity contribution is 7.80. The van der Waals surface area contributed by atoms with Crippen LogP contribution in [-0.4, -0.2) is 228 Å². The van der Waals surface area contributed by atoms with Gasteiger partial charge in [0.2, 0.25) is 53.2 Å². The number of thiocarbonyl (C=S) groups is 2. The maximum absolute atomic E-state index is 13.5. The summed E-state index contributed by atoms with van der Waals surface area (Å²) in [5.74, 6) is -12.9. The third-order valence-electron chi connectivity index (χ3n) is 16.0. The molecule has 0 unspecified atom stereocenters. The average Bonchev–Trinajstić information content (AvgIpc) is 0.815. The summed E-state index contributed by atoms with van der Waals surface area (Å²) in [5, 5.41) is 100. The molecule has 42 heteroatoms. The number of aliphatic carboxylic acids is 4. The first-order chi connectivity index (χ1) is 51.8. The lowest BCUT2D eigenvalue weighted by Gasteiger charge is -2.24. The summed E-state index contributed by atoms with van der Waals surface area (Å²) in [6.45, 7) is 3.11. The van der Waals surface area contributed by atoms with Gasteiger partial charge < -0.3 is 84.6 Å². The van der Waals surface area contributed by atoms with Crippen LogP contribution in [0.2, 0.25) is 0 Å². The van der Waals surface area contributed by atoms with Gasteiger partial charge in [0.15, 0.2) is 21.4 Å². The van der Waals surface area contributed by atoms with Gasteiger partial charge in [-0.25, -0.2) is 30.0 Å². The SMILES string of the molecule is CC(=O)N(O)CCCCCNC(=O)CCC(=O)N(O)CCCCCNC(=O)CCC(=O)N(O)CCCCCNC(=S)Nc1ccc(NC(=S)NCCCC[C@@H](CC(=O)O)NC(=O)[C@H](CC(=O)O)NC(=O)[C@H](CC(=O)O)NC(=O)CC[C@H](NC(=O)c2ccc(NCc3cnc4nc(N)[nH]c(=O)c4n3)cc2)C(=O)O)cc1. The van der Waals surface area contributed by atoms with E-state index in [-0.39, 0.29) is 97.9 Å². The van der Waals surface area contributed by atoms with Crippen molar-refractivity contribution in [2.45, 2.75) is 172 Å². The number of H-pyrrole nitrogens is 1. The summed E-state index contributed by atoms with van der Waals surface area (Å²) >= 11 is 10.8. The predicted molar refractivity (Wildman–Crippen MR) is 398 cm³/mol. The molecule has 0 spiro atoms. The number of carbonyl (C=O) groups is 13. The number of aromatic nitrogens is 4. The molecule has 9 amide bonds. The third kappa shape index (κ3) is 37.1. The smallest absolute Gasteiger partial charge is 0.326 e. The minimum atomic E-state index is -1.93. The Labute approximate surface area is 635 Å². The van der Waals surface area contributed by atoms with Gasteiger partial charge in [-0.05, 0) is 156 Å². The molecule has 4 atom stereocenters. The number of nitrogens with two attached hydrogens (primary N) is 1. The molecule has 2 heterocycles. The molecular weight excluding hydrogens is 1470 g/mol. The Morgan fingerprint density at radius 1 is 0.505 bits per heavy atom. The molecule has 0 aliphatic carbocycles. The van der Waals surface area contributed by atoms with Crippen molar-refractivity contribution in [2.75, 3.05) is 67.5 Å². The lowest BCUT2D eigenvalue weighted by atomic mass is 10.0. The second kappa shape index (κ2) is 48.8. The maximum Gasteiger partial charge on any atom is 0.326 e. The number of aromatic amines is 1. The first kappa shape index (κ1) is 90.0. The van der Waals surface area contributed by atoms with Crippen LogP contribution in [0, 0.1) is 0 Å². The van der Waals surface area contributed by atoms with E-state index < -0.39 is 127 Å². The van der Waals surface area contributed by atoms with E-state index in [1.165, 1.54) is 37.4 Å². The number of benzene rings is 2. The van der Waals surface area contributed by atoms with Crippen molar-refractivity contribution in [3.05, 3.63) is 76.3 Å². The highest BCUT2D eigenvalue weighted by atomic mass is 32.1. The molecule has 4 aromatic rings. The van der Waals surface area contributed by atoms with Crippen LogP contribution in [-0.2, 0) is 64.1 Å². The summed E-state index contributed by atoms with van der Waals surface area (Å²) in [7, 11) is 0. The molecule has 2 aromatic heterocycles. The number of amides is 9. The van der Waals surface area contributed by atoms with Crippen LogP contribution in [0.1, 0.15) is 158 Å². The monoisotopic (exact) mass is 1570 g/mol. The van der Waals surface area contributed by atoms with E-state index >= 15 is 0 Å². The van der Waals surface area contributed by atoms with E-state index in [1.807, 2.05) is 0 Å². The van der Waals surface area contributed by atoms with Crippen molar-refractivity contribution >= 4 is 146 Å². The number of carboxylic acids is 4. The fourth-order valence-electron chi connectivity index (χ4n) is 10.1. The number of hydrogen-bond donors (Lipinski definition) is 20. The zero-order chi connectivity index (χ0) is 80.4. The molecule has 4 rings (SSSR count). The number of nitrogens with zero attached hydrogens (tertiary/aromatic N) is 6. The molecule has 0 aliphatic rings. The molecule has 0 aliphatic heterocycles. The number of fused-ring (bicyclic) bond motifs is 1. The second-order valence-corrected chi connectivity index (χ2v) is 25.7. The summed E-state index contributed by atoms with van der Waals surface area (Å²) in [5.41, 5.74) is 7.13. The summed E-state index contributed by atoms with van der Waals surface area (Å²) in [6, 6.07) is 6.11. The minimum absolute atomic E-state index is 0.0181. The van der Waals surface area contributed by atoms with Gasteiger partial charge in [-0.3, -0.25) is 82.9 Å². The minimum Gasteiger partial charge on any atom is -0.481 e. The Hall–Kier alpha value is -11.4. The summed E-state index contributed by atoms with van der Waals surface area (Å²) < 4.78 is 0. The van der Waals surface area contributed by atoms with E-state index in [9.17, 15) is 103 Å². The van der Waals surface area contributed by atoms with Gasteiger partial charge in [-0.2, -0.15) is 4.98 Å². The highest BCUT2D eigenvalue weighted by Crippen LogP contribution is 2.17. The maximum atomic E-state index is 13.5. The third-order valence-corrected chi connectivity index (χ3v) is 16.5. The van der Waals surface area contributed by atoms with Gasteiger partial charge in [-0.15, -0.1) is 0 Å². The lowest BCUT2D eigenvalue weighted by molar-refractivity contribution is -0.166. The van der Waals surface area contributed by atoms with Crippen molar-refractivity contribution in [3.63, 3.8) is 0 Å². The quantitative estimate of drug-likeness (QED) is 0.0128. The standard InChI is InChI=1S/C67H95N19O21S2/c1-40(87)84(105)32-10-2-6-28-69-50(88)24-26-53(91)85(106)33-11-3-7-29-70-51(89)25-27-54(92)86(107)34-12-4-8-30-71-66(108)77-43-18-20-44(21-19-43)78-67(109)72-31-9-5-13-45(35-55(93)94)76-61(100)49(37-57(97)98)81-62(101)48(36-56(95)96)79-52(90)23-22-47(64(103)104)80-60(99)41-14-16-42(17-15-41)73-38-46-39-74-59-58(75-46)63(102)83-65(68)82-59/h14-21,39,45,47-49,73,105-107H,2-13,22-38H2,1H3,(H,69,88)(H,70,89)(H,76,100)(H,79,90)(H,80,99)(H,81,101)(H,93,94)(H,95,96)(H,97,98)(H,103,104)(H2,71,77,108)(H2,72,78,109)(H3,68,74,82,83,102)/t45-,47-,48-,49-/m0/s1. The van der Waals surface area contributed by atoms with Crippen molar-refractivity contribution in [3.8, 4) is 0 Å². The molecular formula is C67H95N19O21S2. The number of hydrogen-bond acceptors (Lipinski definition) is 24. The Balaban J connectivity index is 1.07. The van der Waals surface area contributed by atoms with Crippen molar-refractivity contribution in [1.82, 2.24) is 77.7 Å². The van der Waals surface area contributed by atoms with Crippen LogP contribution in [0.3, 0.4) is 0 Å². The summed E-state index contributed by atoms with van der Waals surface area (Å²) in [6.07, 6.45) is 2.79. The number of carbonyl (C=O) groups excluding carboxylic acids is 9. The average molecular weight is 1570 g/mol. The largest absolute Gasteiger partial charge is 0.481 e. The molecule has 0 bridgehead atoms. The van der Waals surface area contributed by atoms with E-state index in [2.05, 4.69) is 78.4 Å². The zero-order valence-corrected chi connectivity index (χ0v) is 61.6. The van der Waals surface area contributed by atoms with E-state index in [1.54, 1.807) is 24.3 Å². The molecule has 0 radical (unpaired) electrons. The second-order valence-electron chi connectivity index (χ2n) is 24.9. The molecule has 0 saturated carbocycles. The first-order valence-corrected chi connectivity index (χ1v) is 35.8. The van der Waals surface area contributed by atoms with Gasteiger partial charge in [0, 0.05) is 114 Å². The molecule has 0 fully saturated rings. The number of anilines is 4. The van der Waals surface area contributed by atoms with E-state index in [0.29, 0.717) is 140 Å². The van der Waals surface area contributed by atoms with Crippen LogP contribution < -0.4 is 69.8 Å². The van der Waals surface area contributed by atoms with Crippen molar-refractivity contribution in [2.24, 2.45) is 0 Å². The molecule has 0 saturated heterocycles. The predicted octanol–water partition coefficient (Wildman–Crippen LogP) is 1.17. The van der Waals surface area contributed by atoms with Gasteiger partial charge in [0.1, 0.15) is 18.1 Å². The topological polar surface area (TPSA) is 603 Å².